The summed E-state index contributed by atoms with van der Waals surface area (Å²) >= 11 is 3.20. The summed E-state index contributed by atoms with van der Waals surface area (Å²) in [5.74, 6) is -0.274. The molecule has 0 saturated heterocycles. The Bertz CT molecular complexity index is 781. The predicted octanol–water partition coefficient (Wildman–Crippen LogP) is 3.89. The number of hydrogen-bond acceptors (Lipinski definition) is 5. The minimum absolute atomic E-state index is 0.230. The Morgan fingerprint density at radius 2 is 2.00 bits per heavy atom. The third-order valence-corrected chi connectivity index (χ3v) is 4.00. The molecule has 0 spiro atoms. The van der Waals surface area contributed by atoms with E-state index in [0.29, 0.717) is 21.5 Å². The fourth-order valence-electron chi connectivity index (χ4n) is 2.46. The minimum Gasteiger partial charge on any atom is -0.493 e. The van der Waals surface area contributed by atoms with Crippen LogP contribution in [0.15, 0.2) is 34.8 Å². The quantitative estimate of drug-likeness (QED) is 0.814. The molecular formula is C16H13BrFNO4. The van der Waals surface area contributed by atoms with Crippen LogP contribution in [-0.2, 0) is 4.74 Å². The lowest BCUT2D eigenvalue weighted by Crippen LogP contribution is -2.11. The van der Waals surface area contributed by atoms with E-state index in [1.54, 1.807) is 24.3 Å². The van der Waals surface area contributed by atoms with E-state index in [9.17, 15) is 9.18 Å². The lowest BCUT2D eigenvalue weighted by atomic mass is 10.1. The molecule has 1 N–H and O–H groups in total. The summed E-state index contributed by atoms with van der Waals surface area (Å²) in [6.45, 7) is 0. The third kappa shape index (κ3) is 2.72. The van der Waals surface area contributed by atoms with Crippen LogP contribution in [0, 0.1) is 5.82 Å². The zero-order valence-electron chi connectivity index (χ0n) is 12.4. The first-order chi connectivity index (χ1) is 11.0. The first-order valence-corrected chi connectivity index (χ1v) is 7.52. The van der Waals surface area contributed by atoms with Gasteiger partial charge in [-0.05, 0) is 30.3 Å². The molecular weight excluding hydrogens is 369 g/mol. The fourth-order valence-corrected chi connectivity index (χ4v) is 2.79. The maximum atomic E-state index is 14.0. The number of cyclic esters (lactones) is 1. The standard InChI is InChI=1S/C16H13BrFNO4/c1-21-12-6-4-9-13(14(12)22-2)16(20)23-15(9)19-11-5-3-8(17)7-10(11)18/h3-7,15,19H,1-2H3/t15-/m1/s1. The summed E-state index contributed by atoms with van der Waals surface area (Å²) in [6, 6.07) is 7.95. The molecule has 1 heterocycles. The minimum atomic E-state index is -0.798. The number of anilines is 1. The molecule has 2 aromatic rings. The predicted molar refractivity (Wildman–Crippen MR) is 85.4 cm³/mol. The first-order valence-electron chi connectivity index (χ1n) is 6.72. The number of esters is 1. The zero-order valence-corrected chi connectivity index (χ0v) is 13.9. The molecule has 0 unspecified atom stereocenters. The van der Waals surface area contributed by atoms with Gasteiger partial charge in [-0.2, -0.15) is 0 Å². The molecule has 5 nitrogen and oxygen atoms in total. The smallest absolute Gasteiger partial charge is 0.344 e. The van der Waals surface area contributed by atoms with Gasteiger partial charge in [0.05, 0.1) is 19.9 Å². The van der Waals surface area contributed by atoms with Crippen LogP contribution in [0.4, 0.5) is 10.1 Å². The number of nitrogens with one attached hydrogen (secondary N) is 1. The fraction of sp³-hybridized carbons (Fsp3) is 0.188. The van der Waals surface area contributed by atoms with Crippen LogP contribution >= 0.6 is 15.9 Å². The van der Waals surface area contributed by atoms with Gasteiger partial charge in [0.15, 0.2) is 11.5 Å². The molecule has 2 aromatic carbocycles. The Balaban J connectivity index is 1.99. The molecule has 1 aliphatic heterocycles. The molecule has 3 rings (SSSR count). The van der Waals surface area contributed by atoms with E-state index in [-0.39, 0.29) is 11.3 Å². The first kappa shape index (κ1) is 15.6. The zero-order chi connectivity index (χ0) is 16.6. The van der Waals surface area contributed by atoms with E-state index in [4.69, 9.17) is 14.2 Å². The van der Waals surface area contributed by atoms with Crippen LogP contribution in [0.5, 0.6) is 11.5 Å². The average Bonchev–Trinajstić information content (AvgIpc) is 2.85. The van der Waals surface area contributed by atoms with Gasteiger partial charge in [0.25, 0.3) is 0 Å². The second-order valence-electron chi connectivity index (χ2n) is 4.82. The number of hydrogen-bond donors (Lipinski definition) is 1. The van der Waals surface area contributed by atoms with Crippen molar-refractivity contribution in [3.63, 3.8) is 0 Å². The number of methoxy groups -OCH3 is 2. The van der Waals surface area contributed by atoms with Crippen molar-refractivity contribution in [1.82, 2.24) is 0 Å². The number of fused-ring (bicyclic) bond motifs is 1. The number of carbonyl (C=O) groups is 1. The Morgan fingerprint density at radius 1 is 1.22 bits per heavy atom. The second-order valence-corrected chi connectivity index (χ2v) is 5.73. The molecule has 23 heavy (non-hydrogen) atoms. The summed E-state index contributed by atoms with van der Waals surface area (Å²) in [4.78, 5) is 12.2. The van der Waals surface area contributed by atoms with Crippen LogP contribution in [-0.4, -0.2) is 20.2 Å². The van der Waals surface area contributed by atoms with E-state index in [1.165, 1.54) is 20.3 Å². The number of carbonyl (C=O) groups excluding carboxylic acids is 1. The summed E-state index contributed by atoms with van der Waals surface area (Å²) < 4.78 is 30.3. The van der Waals surface area contributed by atoms with Crippen molar-refractivity contribution in [1.29, 1.82) is 0 Å². The van der Waals surface area contributed by atoms with Crippen molar-refractivity contribution in [3.05, 3.63) is 51.7 Å². The molecule has 7 heteroatoms. The lowest BCUT2D eigenvalue weighted by molar-refractivity contribution is 0.0434. The molecule has 0 bridgehead atoms. The van der Waals surface area contributed by atoms with Gasteiger partial charge in [0, 0.05) is 10.0 Å². The number of ether oxygens (including phenoxy) is 3. The van der Waals surface area contributed by atoms with Gasteiger partial charge in [-0.25, -0.2) is 9.18 Å². The number of halogens is 2. The van der Waals surface area contributed by atoms with E-state index in [0.717, 1.165) is 0 Å². The largest absolute Gasteiger partial charge is 0.493 e. The van der Waals surface area contributed by atoms with Crippen molar-refractivity contribution < 1.29 is 23.4 Å². The van der Waals surface area contributed by atoms with Crippen molar-refractivity contribution in [2.45, 2.75) is 6.23 Å². The van der Waals surface area contributed by atoms with E-state index >= 15 is 0 Å². The topological polar surface area (TPSA) is 56.8 Å². The van der Waals surface area contributed by atoms with Crippen molar-refractivity contribution in [2.75, 3.05) is 19.5 Å². The maximum Gasteiger partial charge on any atom is 0.344 e. The Morgan fingerprint density at radius 3 is 2.65 bits per heavy atom. The normalized spacial score (nSPS) is 15.8. The van der Waals surface area contributed by atoms with Crippen LogP contribution < -0.4 is 14.8 Å². The Hall–Kier alpha value is -2.28. The van der Waals surface area contributed by atoms with Crippen molar-refractivity contribution in [3.8, 4) is 11.5 Å². The summed E-state index contributed by atoms with van der Waals surface area (Å²) in [7, 11) is 2.93. The van der Waals surface area contributed by atoms with Gasteiger partial charge in [0.1, 0.15) is 11.4 Å². The highest BCUT2D eigenvalue weighted by Crippen LogP contribution is 2.42. The van der Waals surface area contributed by atoms with Crippen LogP contribution in [0.25, 0.3) is 0 Å². The monoisotopic (exact) mass is 381 g/mol. The number of benzene rings is 2. The van der Waals surface area contributed by atoms with Crippen LogP contribution in [0.1, 0.15) is 22.1 Å². The van der Waals surface area contributed by atoms with Crippen LogP contribution in [0.3, 0.4) is 0 Å². The summed E-state index contributed by atoms with van der Waals surface area (Å²) in [5, 5.41) is 2.88. The number of rotatable bonds is 4. The highest BCUT2D eigenvalue weighted by Gasteiger charge is 2.36. The Kier molecular flexibility index (Phi) is 4.12. The molecule has 0 fully saturated rings. The maximum absolute atomic E-state index is 14.0. The highest BCUT2D eigenvalue weighted by atomic mass is 79.9. The SMILES string of the molecule is COc1ccc2c(c1OC)C(=O)O[C@H]2Nc1ccc(Br)cc1F. The summed E-state index contributed by atoms with van der Waals surface area (Å²) in [6.07, 6.45) is -0.798. The van der Waals surface area contributed by atoms with Gasteiger partial charge in [0.2, 0.25) is 6.23 Å². The third-order valence-electron chi connectivity index (χ3n) is 3.51. The van der Waals surface area contributed by atoms with Crippen molar-refractivity contribution in [2.24, 2.45) is 0 Å². The van der Waals surface area contributed by atoms with E-state index in [1.807, 2.05) is 0 Å². The molecule has 0 radical (unpaired) electrons. The average molecular weight is 382 g/mol. The molecule has 1 atom stereocenters. The van der Waals surface area contributed by atoms with Gasteiger partial charge in [-0.3, -0.25) is 0 Å². The lowest BCUT2D eigenvalue weighted by Gasteiger charge is -2.15. The highest BCUT2D eigenvalue weighted by molar-refractivity contribution is 9.10. The van der Waals surface area contributed by atoms with Gasteiger partial charge >= 0.3 is 5.97 Å². The molecule has 1 aliphatic rings. The summed E-state index contributed by atoms with van der Waals surface area (Å²) in [5.41, 5.74) is 1.07. The molecule has 0 saturated carbocycles. The van der Waals surface area contributed by atoms with Gasteiger partial charge in [-0.15, -0.1) is 0 Å². The van der Waals surface area contributed by atoms with Crippen LogP contribution in [0.2, 0.25) is 0 Å². The molecule has 0 amide bonds. The molecule has 0 aromatic heterocycles. The van der Waals surface area contributed by atoms with Crippen molar-refractivity contribution >= 4 is 27.6 Å². The Labute approximate surface area is 140 Å². The van der Waals surface area contributed by atoms with E-state index in [2.05, 4.69) is 21.2 Å². The molecule has 120 valence electrons. The van der Waals surface area contributed by atoms with Gasteiger partial charge < -0.3 is 19.5 Å². The second kappa shape index (κ2) is 6.08. The van der Waals surface area contributed by atoms with Gasteiger partial charge in [-0.1, -0.05) is 15.9 Å². The molecule has 0 aliphatic carbocycles. The van der Waals surface area contributed by atoms with E-state index < -0.39 is 18.0 Å².